The average Bonchev–Trinajstić information content (AvgIpc) is 2.25. The third-order valence-electron chi connectivity index (χ3n) is 2.98. The highest BCUT2D eigenvalue weighted by Crippen LogP contribution is 2.20. The van der Waals surface area contributed by atoms with Gasteiger partial charge < -0.3 is 15.4 Å². The fourth-order valence-corrected chi connectivity index (χ4v) is 2.08. The van der Waals surface area contributed by atoms with Crippen LogP contribution in [0.3, 0.4) is 0 Å². The number of amides is 2. The Bertz CT molecular complexity index is 261. The van der Waals surface area contributed by atoms with Gasteiger partial charge in [-0.05, 0) is 25.2 Å². The summed E-state index contributed by atoms with van der Waals surface area (Å²) in [5.74, 6) is 0.348. The van der Waals surface area contributed by atoms with Gasteiger partial charge in [-0.1, -0.05) is 0 Å². The Balaban J connectivity index is 1.85. The molecule has 2 saturated heterocycles. The van der Waals surface area contributed by atoms with E-state index in [-0.39, 0.29) is 24.4 Å². The van der Waals surface area contributed by atoms with Crippen LogP contribution in [0.4, 0.5) is 0 Å². The monoisotopic (exact) mass is 212 g/mol. The minimum atomic E-state index is -0.339. The maximum Gasteiger partial charge on any atom is 0.243 e. The van der Waals surface area contributed by atoms with E-state index in [1.807, 2.05) is 0 Å². The molecule has 5 nitrogen and oxygen atoms in total. The van der Waals surface area contributed by atoms with Gasteiger partial charge in [0.05, 0.1) is 6.54 Å². The Morgan fingerprint density at radius 1 is 1.27 bits per heavy atom. The molecule has 2 heterocycles. The van der Waals surface area contributed by atoms with Gasteiger partial charge in [0.25, 0.3) is 0 Å². The first-order valence-corrected chi connectivity index (χ1v) is 5.40. The van der Waals surface area contributed by atoms with Crippen molar-refractivity contribution in [3.8, 4) is 0 Å². The van der Waals surface area contributed by atoms with Gasteiger partial charge in [-0.25, -0.2) is 0 Å². The Labute approximate surface area is 88.5 Å². The maximum absolute atomic E-state index is 11.5. The molecule has 2 rings (SSSR count). The zero-order valence-electron chi connectivity index (χ0n) is 8.62. The van der Waals surface area contributed by atoms with Crippen LogP contribution in [0.2, 0.25) is 0 Å². The number of nitrogens with one attached hydrogen (secondary N) is 2. The third-order valence-corrected chi connectivity index (χ3v) is 2.98. The van der Waals surface area contributed by atoms with Crippen molar-refractivity contribution in [2.75, 3.05) is 19.8 Å². The second-order valence-electron chi connectivity index (χ2n) is 4.13. The number of rotatable bonds is 2. The minimum Gasteiger partial charge on any atom is -0.381 e. The van der Waals surface area contributed by atoms with E-state index in [9.17, 15) is 9.59 Å². The standard InChI is InChI=1S/C10H16N2O3/c13-9-6-11-10(14)8(12-9)5-7-1-3-15-4-2-7/h7-8H,1-6H2,(H,11,14)(H,12,13). The summed E-state index contributed by atoms with van der Waals surface area (Å²) in [6.07, 6.45) is 2.71. The Morgan fingerprint density at radius 2 is 2.00 bits per heavy atom. The number of piperazine rings is 1. The second kappa shape index (κ2) is 4.61. The summed E-state index contributed by atoms with van der Waals surface area (Å²) in [7, 11) is 0. The molecule has 1 unspecified atom stereocenters. The highest BCUT2D eigenvalue weighted by atomic mass is 16.5. The zero-order valence-corrected chi connectivity index (χ0v) is 8.62. The quantitative estimate of drug-likeness (QED) is 0.643. The normalized spacial score (nSPS) is 28.4. The summed E-state index contributed by atoms with van der Waals surface area (Å²) >= 11 is 0. The van der Waals surface area contributed by atoms with E-state index < -0.39 is 0 Å². The fraction of sp³-hybridized carbons (Fsp3) is 0.800. The summed E-state index contributed by atoms with van der Waals surface area (Å²) in [6.45, 7) is 1.66. The lowest BCUT2D eigenvalue weighted by atomic mass is 9.91. The largest absolute Gasteiger partial charge is 0.381 e. The number of carbonyl (C=O) groups excluding carboxylic acids is 2. The molecule has 0 bridgehead atoms. The molecule has 2 amide bonds. The molecule has 0 aromatic rings. The van der Waals surface area contributed by atoms with Crippen LogP contribution in [0.15, 0.2) is 0 Å². The predicted molar refractivity (Wildman–Crippen MR) is 53.1 cm³/mol. The third kappa shape index (κ3) is 2.68. The molecule has 2 aliphatic heterocycles. The van der Waals surface area contributed by atoms with Crippen LogP contribution < -0.4 is 10.6 Å². The molecular formula is C10H16N2O3. The van der Waals surface area contributed by atoms with E-state index >= 15 is 0 Å². The highest BCUT2D eigenvalue weighted by molar-refractivity contribution is 5.94. The molecule has 2 fully saturated rings. The molecule has 0 aromatic carbocycles. The lowest BCUT2D eigenvalue weighted by molar-refractivity contribution is -0.134. The molecule has 2 N–H and O–H groups in total. The van der Waals surface area contributed by atoms with Gasteiger partial charge in [0.1, 0.15) is 6.04 Å². The van der Waals surface area contributed by atoms with Crippen molar-refractivity contribution in [3.63, 3.8) is 0 Å². The molecule has 5 heteroatoms. The first kappa shape index (κ1) is 10.4. The van der Waals surface area contributed by atoms with Crippen LogP contribution in [0.1, 0.15) is 19.3 Å². The van der Waals surface area contributed by atoms with Crippen molar-refractivity contribution >= 4 is 11.8 Å². The van der Waals surface area contributed by atoms with E-state index in [0.29, 0.717) is 5.92 Å². The average molecular weight is 212 g/mol. The number of hydrogen-bond donors (Lipinski definition) is 2. The van der Waals surface area contributed by atoms with Crippen LogP contribution in [0.5, 0.6) is 0 Å². The molecule has 15 heavy (non-hydrogen) atoms. The Hall–Kier alpha value is -1.10. The molecule has 2 aliphatic rings. The smallest absolute Gasteiger partial charge is 0.243 e. The van der Waals surface area contributed by atoms with Gasteiger partial charge in [0.2, 0.25) is 11.8 Å². The van der Waals surface area contributed by atoms with Crippen LogP contribution >= 0.6 is 0 Å². The van der Waals surface area contributed by atoms with Crippen molar-refractivity contribution in [1.29, 1.82) is 0 Å². The maximum atomic E-state index is 11.5. The van der Waals surface area contributed by atoms with E-state index in [1.54, 1.807) is 0 Å². The van der Waals surface area contributed by atoms with Gasteiger partial charge in [0, 0.05) is 13.2 Å². The van der Waals surface area contributed by atoms with Crippen molar-refractivity contribution in [3.05, 3.63) is 0 Å². The summed E-state index contributed by atoms with van der Waals surface area (Å²) in [5.41, 5.74) is 0. The SMILES string of the molecule is O=C1CNC(=O)C(CC2CCOCC2)N1. The number of ether oxygens (including phenoxy) is 1. The molecule has 0 aromatic heterocycles. The molecule has 0 aliphatic carbocycles. The summed E-state index contributed by atoms with van der Waals surface area (Å²) in [6, 6.07) is -0.339. The van der Waals surface area contributed by atoms with E-state index in [0.717, 1.165) is 32.5 Å². The highest BCUT2D eigenvalue weighted by Gasteiger charge is 2.29. The molecule has 0 saturated carbocycles. The lowest BCUT2D eigenvalue weighted by Gasteiger charge is -2.28. The Kier molecular flexibility index (Phi) is 3.20. The van der Waals surface area contributed by atoms with Crippen molar-refractivity contribution in [1.82, 2.24) is 10.6 Å². The van der Waals surface area contributed by atoms with Crippen molar-refractivity contribution < 1.29 is 14.3 Å². The molecule has 0 radical (unpaired) electrons. The number of carbonyl (C=O) groups is 2. The van der Waals surface area contributed by atoms with Crippen LogP contribution in [-0.4, -0.2) is 37.6 Å². The van der Waals surface area contributed by atoms with Gasteiger partial charge in [0.15, 0.2) is 0 Å². The molecular weight excluding hydrogens is 196 g/mol. The van der Waals surface area contributed by atoms with Gasteiger partial charge in [-0.3, -0.25) is 9.59 Å². The number of hydrogen-bond acceptors (Lipinski definition) is 3. The van der Waals surface area contributed by atoms with E-state index in [4.69, 9.17) is 4.74 Å². The van der Waals surface area contributed by atoms with Crippen LogP contribution in [0.25, 0.3) is 0 Å². The van der Waals surface area contributed by atoms with Gasteiger partial charge >= 0.3 is 0 Å². The second-order valence-corrected chi connectivity index (χ2v) is 4.13. The molecule has 0 spiro atoms. The first-order valence-electron chi connectivity index (χ1n) is 5.40. The summed E-state index contributed by atoms with van der Waals surface area (Å²) in [5, 5.41) is 5.31. The van der Waals surface area contributed by atoms with E-state index in [1.165, 1.54) is 0 Å². The fourth-order valence-electron chi connectivity index (χ4n) is 2.08. The van der Waals surface area contributed by atoms with Crippen molar-refractivity contribution in [2.45, 2.75) is 25.3 Å². The van der Waals surface area contributed by atoms with Crippen LogP contribution in [0, 0.1) is 5.92 Å². The van der Waals surface area contributed by atoms with E-state index in [2.05, 4.69) is 10.6 Å². The predicted octanol–water partition coefficient (Wildman–Crippen LogP) is -0.582. The first-order chi connectivity index (χ1) is 7.25. The van der Waals surface area contributed by atoms with Gasteiger partial charge in [-0.15, -0.1) is 0 Å². The molecule has 1 atom stereocenters. The Morgan fingerprint density at radius 3 is 2.73 bits per heavy atom. The van der Waals surface area contributed by atoms with Crippen LogP contribution in [-0.2, 0) is 14.3 Å². The van der Waals surface area contributed by atoms with Crippen molar-refractivity contribution in [2.24, 2.45) is 5.92 Å². The summed E-state index contributed by atoms with van der Waals surface area (Å²) in [4.78, 5) is 22.6. The minimum absolute atomic E-state index is 0.0545. The lowest BCUT2D eigenvalue weighted by Crippen LogP contribution is -2.56. The topological polar surface area (TPSA) is 67.4 Å². The van der Waals surface area contributed by atoms with Gasteiger partial charge in [-0.2, -0.15) is 0 Å². The summed E-state index contributed by atoms with van der Waals surface area (Å²) < 4.78 is 5.25. The molecule has 84 valence electrons. The zero-order chi connectivity index (χ0) is 10.7.